The third kappa shape index (κ3) is 4.02. The molecule has 0 bridgehead atoms. The topological polar surface area (TPSA) is 29.5 Å². The van der Waals surface area contributed by atoms with Crippen molar-refractivity contribution in [3.8, 4) is 0 Å². The van der Waals surface area contributed by atoms with Crippen LogP contribution in [0.15, 0.2) is 85.0 Å². The summed E-state index contributed by atoms with van der Waals surface area (Å²) < 4.78 is 7.63. The minimum absolute atomic E-state index is 0.000738. The molecule has 7 atom stereocenters. The molecule has 0 heterocycles. The van der Waals surface area contributed by atoms with Gasteiger partial charge in [0.05, 0.1) is 5.60 Å². The Morgan fingerprint density at radius 2 is 1.48 bits per heavy atom. The summed E-state index contributed by atoms with van der Waals surface area (Å²) in [5, 5.41) is 14.2. The van der Waals surface area contributed by atoms with Gasteiger partial charge in [0.2, 0.25) is 0 Å². The van der Waals surface area contributed by atoms with Crippen molar-refractivity contribution in [3.05, 3.63) is 85.0 Å². The number of allylic oxidation sites excluding steroid dienone is 1. The summed E-state index contributed by atoms with van der Waals surface area (Å²) in [4.78, 5) is 0. The Balaban J connectivity index is 1.32. The van der Waals surface area contributed by atoms with E-state index in [0.717, 1.165) is 38.5 Å². The molecule has 2 nitrogen and oxygen atoms in total. The Hall–Kier alpha value is -1.94. The zero-order valence-electron chi connectivity index (χ0n) is 25.5. The lowest BCUT2D eigenvalue weighted by Crippen LogP contribution is -2.68. The highest BCUT2D eigenvalue weighted by atomic mass is 28.4. The van der Waals surface area contributed by atoms with Crippen molar-refractivity contribution in [2.24, 2.45) is 28.6 Å². The van der Waals surface area contributed by atoms with Crippen LogP contribution >= 0.6 is 0 Å². The first-order valence-corrected chi connectivity index (χ1v) is 17.7. The highest BCUT2D eigenvalue weighted by Crippen LogP contribution is 2.67. The van der Waals surface area contributed by atoms with Crippen LogP contribution in [0, 0.1) is 28.6 Å². The van der Waals surface area contributed by atoms with E-state index >= 15 is 0 Å². The van der Waals surface area contributed by atoms with Gasteiger partial charge in [0.1, 0.15) is 0 Å². The lowest BCUT2D eigenvalue weighted by Gasteiger charge is -2.59. The van der Waals surface area contributed by atoms with Crippen LogP contribution < -0.4 is 10.4 Å². The SMILES string of the molecule is C=CC1(O)CC[C@H]2[C@@H]3CC=C4CC(O[Si](c5ccccc5)(c5ccccc5)C(C)(C)C)CC[C@]4(C)[C@@H]3CC[C@@]21C. The van der Waals surface area contributed by atoms with Crippen LogP contribution in [-0.2, 0) is 4.43 Å². The molecule has 2 unspecified atom stereocenters. The molecule has 0 radical (unpaired) electrons. The van der Waals surface area contributed by atoms with Gasteiger partial charge in [0.15, 0.2) is 0 Å². The second-order valence-electron chi connectivity index (χ2n) is 15.0. The minimum Gasteiger partial charge on any atom is -0.404 e. The minimum atomic E-state index is -2.56. The fraction of sp³-hybridized carbons (Fsp3) is 0.568. The summed E-state index contributed by atoms with van der Waals surface area (Å²) in [5.41, 5.74) is 1.18. The molecular formula is C37H50O2Si. The normalized spacial score (nSPS) is 37.6. The zero-order chi connectivity index (χ0) is 28.4. The van der Waals surface area contributed by atoms with Crippen molar-refractivity contribution < 1.29 is 9.53 Å². The number of aliphatic hydroxyl groups is 1. The van der Waals surface area contributed by atoms with E-state index in [0.29, 0.717) is 17.8 Å². The summed E-state index contributed by atoms with van der Waals surface area (Å²) in [6.45, 7) is 16.2. The molecule has 1 N–H and O–H groups in total. The molecule has 4 aliphatic rings. The van der Waals surface area contributed by atoms with E-state index in [4.69, 9.17) is 4.43 Å². The average molecular weight is 555 g/mol. The molecule has 2 aromatic rings. The first-order valence-electron chi connectivity index (χ1n) is 15.8. The highest BCUT2D eigenvalue weighted by molar-refractivity contribution is 6.99. The predicted molar refractivity (Wildman–Crippen MR) is 169 cm³/mol. The fourth-order valence-electron chi connectivity index (χ4n) is 10.1. The van der Waals surface area contributed by atoms with Gasteiger partial charge in [-0.05, 0) is 89.9 Å². The van der Waals surface area contributed by atoms with Crippen molar-refractivity contribution in [3.63, 3.8) is 0 Å². The van der Waals surface area contributed by atoms with Crippen LogP contribution in [0.1, 0.15) is 86.0 Å². The lowest BCUT2D eigenvalue weighted by atomic mass is 9.47. The van der Waals surface area contributed by atoms with Crippen molar-refractivity contribution in [2.75, 3.05) is 0 Å². The van der Waals surface area contributed by atoms with Gasteiger partial charge in [-0.1, -0.05) is 113 Å². The van der Waals surface area contributed by atoms with Crippen LogP contribution in [0.4, 0.5) is 0 Å². The van der Waals surface area contributed by atoms with Crippen molar-refractivity contribution in [1.82, 2.24) is 0 Å². The van der Waals surface area contributed by atoms with E-state index in [9.17, 15) is 5.11 Å². The molecule has 0 aliphatic heterocycles. The summed E-state index contributed by atoms with van der Waals surface area (Å²) in [6, 6.07) is 22.2. The van der Waals surface area contributed by atoms with Crippen LogP contribution in [0.2, 0.25) is 5.04 Å². The monoisotopic (exact) mass is 554 g/mol. The number of fused-ring (bicyclic) bond motifs is 5. The van der Waals surface area contributed by atoms with Crippen molar-refractivity contribution in [1.29, 1.82) is 0 Å². The van der Waals surface area contributed by atoms with E-state index in [2.05, 4.69) is 108 Å². The molecule has 40 heavy (non-hydrogen) atoms. The molecule has 3 fully saturated rings. The molecule has 2 aromatic carbocycles. The van der Waals surface area contributed by atoms with Gasteiger partial charge in [-0.25, -0.2) is 0 Å². The lowest BCUT2D eigenvalue weighted by molar-refractivity contribution is -0.101. The summed E-state index contributed by atoms with van der Waals surface area (Å²) in [5.74, 6) is 1.98. The van der Waals surface area contributed by atoms with Gasteiger partial charge in [0.25, 0.3) is 8.32 Å². The van der Waals surface area contributed by atoms with Gasteiger partial charge in [-0.15, -0.1) is 6.58 Å². The molecule has 214 valence electrons. The standard InChI is InChI=1S/C37H50O2Si/c1-7-37(38)25-22-33-31-19-18-27-26-28(20-23-35(27,5)32(31)21-24-36(33,37)6)39-40(34(2,3)4,29-14-10-8-11-15-29)30-16-12-9-13-17-30/h7-18,28,31-33,38H,1,19-26H2,2-6H3/t28?,31-,32-,33+,35+,36+,37?/m1/s1. The predicted octanol–water partition coefficient (Wildman–Crippen LogP) is 7.81. The number of benzene rings is 2. The van der Waals surface area contributed by atoms with E-state index in [1.807, 2.05) is 6.08 Å². The largest absolute Gasteiger partial charge is 0.404 e. The third-order valence-corrected chi connectivity index (χ3v) is 17.5. The first kappa shape index (κ1) is 28.2. The Labute approximate surface area is 244 Å². The number of rotatable bonds is 5. The smallest absolute Gasteiger partial charge is 0.261 e. The average Bonchev–Trinajstić information content (AvgIpc) is 3.23. The first-order chi connectivity index (χ1) is 19.0. The third-order valence-electron chi connectivity index (χ3n) is 12.4. The molecule has 4 aliphatic carbocycles. The van der Waals surface area contributed by atoms with Gasteiger partial charge in [-0.3, -0.25) is 0 Å². The Kier molecular flexibility index (Phi) is 6.92. The number of hydrogen-bond acceptors (Lipinski definition) is 2. The van der Waals surface area contributed by atoms with Crippen molar-refractivity contribution in [2.45, 2.75) is 103 Å². The van der Waals surface area contributed by atoms with E-state index in [1.165, 1.54) is 23.2 Å². The maximum absolute atomic E-state index is 11.5. The summed E-state index contributed by atoms with van der Waals surface area (Å²) in [6.07, 6.45) is 13.6. The Morgan fingerprint density at radius 1 is 0.875 bits per heavy atom. The van der Waals surface area contributed by atoms with E-state index in [-0.39, 0.29) is 22.0 Å². The fourth-order valence-corrected chi connectivity index (χ4v) is 14.8. The van der Waals surface area contributed by atoms with Crippen LogP contribution in [0.3, 0.4) is 0 Å². The molecule has 0 aromatic heterocycles. The quantitative estimate of drug-likeness (QED) is 0.302. The highest BCUT2D eigenvalue weighted by Gasteiger charge is 2.63. The van der Waals surface area contributed by atoms with E-state index < -0.39 is 13.9 Å². The second-order valence-corrected chi connectivity index (χ2v) is 19.3. The summed E-state index contributed by atoms with van der Waals surface area (Å²) in [7, 11) is -2.56. The maximum Gasteiger partial charge on any atom is 0.261 e. The zero-order valence-corrected chi connectivity index (χ0v) is 26.5. The Morgan fingerprint density at radius 3 is 2.05 bits per heavy atom. The van der Waals surface area contributed by atoms with Crippen LogP contribution in [-0.4, -0.2) is 25.1 Å². The van der Waals surface area contributed by atoms with Gasteiger partial charge in [0, 0.05) is 11.5 Å². The van der Waals surface area contributed by atoms with Crippen LogP contribution in [0.5, 0.6) is 0 Å². The number of hydrogen-bond donors (Lipinski definition) is 1. The van der Waals surface area contributed by atoms with Gasteiger partial charge in [-0.2, -0.15) is 0 Å². The Bertz CT molecular complexity index is 1220. The molecule has 0 amide bonds. The molecule has 0 spiro atoms. The molecule has 6 rings (SSSR count). The van der Waals surface area contributed by atoms with Gasteiger partial charge >= 0.3 is 0 Å². The van der Waals surface area contributed by atoms with Gasteiger partial charge < -0.3 is 9.53 Å². The summed E-state index contributed by atoms with van der Waals surface area (Å²) >= 11 is 0. The maximum atomic E-state index is 11.5. The molecule has 0 saturated heterocycles. The van der Waals surface area contributed by atoms with Crippen molar-refractivity contribution >= 4 is 18.7 Å². The second kappa shape index (κ2) is 9.82. The molecule has 3 heteroatoms. The molecular weight excluding hydrogens is 504 g/mol. The molecule has 3 saturated carbocycles. The van der Waals surface area contributed by atoms with Crippen LogP contribution in [0.25, 0.3) is 0 Å². The van der Waals surface area contributed by atoms with E-state index in [1.54, 1.807) is 5.57 Å².